The molecule has 0 saturated heterocycles. The molecule has 0 aliphatic heterocycles. The number of carbonyl (C=O) groups is 2. The van der Waals surface area contributed by atoms with Crippen molar-refractivity contribution in [1.82, 2.24) is 5.32 Å². The zero-order valence-electron chi connectivity index (χ0n) is 17.7. The molecule has 0 spiro atoms. The molecule has 3 N–H and O–H groups in total. The third kappa shape index (κ3) is 6.42. The van der Waals surface area contributed by atoms with Gasteiger partial charge in [0.1, 0.15) is 5.75 Å². The lowest BCUT2D eigenvalue weighted by atomic mass is 10.1. The van der Waals surface area contributed by atoms with Crippen LogP contribution in [0.5, 0.6) is 5.75 Å². The second kappa shape index (κ2) is 10.9. The van der Waals surface area contributed by atoms with Gasteiger partial charge in [0.15, 0.2) is 0 Å². The highest BCUT2D eigenvalue weighted by molar-refractivity contribution is 6.10. The van der Waals surface area contributed by atoms with E-state index in [4.69, 9.17) is 4.74 Å². The van der Waals surface area contributed by atoms with Gasteiger partial charge < -0.3 is 20.7 Å². The second-order valence-corrected chi connectivity index (χ2v) is 7.02. The van der Waals surface area contributed by atoms with E-state index < -0.39 is 0 Å². The molecule has 2 amide bonds. The van der Waals surface area contributed by atoms with Crippen LogP contribution in [0.1, 0.15) is 35.8 Å². The first-order valence-electron chi connectivity index (χ1n) is 10.3. The lowest BCUT2D eigenvalue weighted by molar-refractivity contribution is -0.115. The first-order valence-corrected chi connectivity index (χ1v) is 10.3. The maximum atomic E-state index is 12.8. The van der Waals surface area contributed by atoms with Gasteiger partial charge in [0, 0.05) is 11.7 Å². The Morgan fingerprint density at radius 3 is 2.26 bits per heavy atom. The number of hydrogen-bond donors (Lipinski definition) is 3. The summed E-state index contributed by atoms with van der Waals surface area (Å²) >= 11 is 0. The first-order chi connectivity index (χ1) is 15.1. The molecule has 6 heteroatoms. The SMILES string of the molecule is CCOc1ccc(NC(=O)c2ccccc2NC(=O)CN[C@@H](C)c2ccccc2)cc1. The predicted molar refractivity (Wildman–Crippen MR) is 123 cm³/mol. The van der Waals surface area contributed by atoms with Gasteiger partial charge in [-0.25, -0.2) is 0 Å². The summed E-state index contributed by atoms with van der Waals surface area (Å²) in [4.78, 5) is 25.2. The zero-order valence-corrected chi connectivity index (χ0v) is 17.7. The minimum atomic E-state index is -0.300. The summed E-state index contributed by atoms with van der Waals surface area (Å²) < 4.78 is 5.42. The van der Waals surface area contributed by atoms with Gasteiger partial charge >= 0.3 is 0 Å². The monoisotopic (exact) mass is 417 g/mol. The summed E-state index contributed by atoms with van der Waals surface area (Å²) in [7, 11) is 0. The van der Waals surface area contributed by atoms with Crippen LogP contribution in [-0.2, 0) is 4.79 Å². The highest BCUT2D eigenvalue weighted by atomic mass is 16.5. The Kier molecular flexibility index (Phi) is 7.79. The fourth-order valence-corrected chi connectivity index (χ4v) is 3.09. The van der Waals surface area contributed by atoms with E-state index in [9.17, 15) is 9.59 Å². The van der Waals surface area contributed by atoms with Crippen LogP contribution in [0, 0.1) is 0 Å². The van der Waals surface area contributed by atoms with Gasteiger partial charge in [-0.2, -0.15) is 0 Å². The molecule has 0 saturated carbocycles. The molecule has 0 aliphatic carbocycles. The number of rotatable bonds is 9. The van der Waals surface area contributed by atoms with E-state index in [1.54, 1.807) is 48.5 Å². The fraction of sp³-hybridized carbons (Fsp3) is 0.200. The molecule has 0 aliphatic rings. The van der Waals surface area contributed by atoms with Crippen molar-refractivity contribution in [3.05, 3.63) is 90.0 Å². The predicted octanol–water partition coefficient (Wildman–Crippen LogP) is 4.63. The number of anilines is 2. The molecule has 31 heavy (non-hydrogen) atoms. The third-order valence-electron chi connectivity index (χ3n) is 4.74. The van der Waals surface area contributed by atoms with Crippen LogP contribution in [0.3, 0.4) is 0 Å². The number of amides is 2. The molecule has 0 bridgehead atoms. The summed E-state index contributed by atoms with van der Waals surface area (Å²) in [5, 5.41) is 8.88. The normalized spacial score (nSPS) is 11.4. The van der Waals surface area contributed by atoms with Gasteiger partial charge in [-0.1, -0.05) is 42.5 Å². The van der Waals surface area contributed by atoms with Crippen LogP contribution >= 0.6 is 0 Å². The van der Waals surface area contributed by atoms with E-state index in [1.165, 1.54) is 0 Å². The van der Waals surface area contributed by atoms with Crippen molar-refractivity contribution < 1.29 is 14.3 Å². The van der Waals surface area contributed by atoms with Crippen molar-refractivity contribution in [3.8, 4) is 5.75 Å². The molecule has 3 aromatic rings. The van der Waals surface area contributed by atoms with Crippen molar-refractivity contribution in [1.29, 1.82) is 0 Å². The Morgan fingerprint density at radius 1 is 0.871 bits per heavy atom. The average Bonchev–Trinajstić information content (AvgIpc) is 2.80. The molecular weight excluding hydrogens is 390 g/mol. The van der Waals surface area contributed by atoms with Crippen LogP contribution in [0.25, 0.3) is 0 Å². The molecule has 160 valence electrons. The Balaban J connectivity index is 1.60. The van der Waals surface area contributed by atoms with Crippen LogP contribution in [0.15, 0.2) is 78.9 Å². The maximum absolute atomic E-state index is 12.8. The molecule has 3 aromatic carbocycles. The quantitative estimate of drug-likeness (QED) is 0.474. The first kappa shape index (κ1) is 22.1. The van der Waals surface area contributed by atoms with Crippen LogP contribution in [-0.4, -0.2) is 25.0 Å². The Bertz CT molecular complexity index is 1000. The van der Waals surface area contributed by atoms with Gasteiger partial charge in [0.25, 0.3) is 5.91 Å². The minimum Gasteiger partial charge on any atom is -0.494 e. The third-order valence-corrected chi connectivity index (χ3v) is 4.74. The standard InChI is InChI=1S/C25H27N3O3/c1-3-31-21-15-13-20(14-16-21)27-25(30)22-11-7-8-12-23(22)28-24(29)17-26-18(2)19-9-5-4-6-10-19/h4-16,18,26H,3,17H2,1-2H3,(H,27,30)(H,28,29)/t18-/m0/s1. The number of benzene rings is 3. The van der Waals surface area contributed by atoms with Crippen molar-refractivity contribution >= 4 is 23.2 Å². The Labute approximate surface area is 182 Å². The van der Waals surface area contributed by atoms with Gasteiger partial charge in [-0.15, -0.1) is 0 Å². The Morgan fingerprint density at radius 2 is 1.55 bits per heavy atom. The lowest BCUT2D eigenvalue weighted by Crippen LogP contribution is -2.30. The van der Waals surface area contributed by atoms with Gasteiger partial charge in [-0.05, 0) is 55.8 Å². The molecule has 3 rings (SSSR count). The van der Waals surface area contributed by atoms with Gasteiger partial charge in [0.05, 0.1) is 24.4 Å². The van der Waals surface area contributed by atoms with Crippen LogP contribution < -0.4 is 20.7 Å². The number of nitrogens with one attached hydrogen (secondary N) is 3. The fourth-order valence-electron chi connectivity index (χ4n) is 3.09. The summed E-state index contributed by atoms with van der Waals surface area (Å²) in [6, 6.07) is 24.0. The zero-order chi connectivity index (χ0) is 22.1. The smallest absolute Gasteiger partial charge is 0.257 e. The van der Waals surface area contributed by atoms with Gasteiger partial charge in [-0.3, -0.25) is 9.59 Å². The number of carbonyl (C=O) groups excluding carboxylic acids is 2. The van der Waals surface area contributed by atoms with Gasteiger partial charge in [0.2, 0.25) is 5.91 Å². The van der Waals surface area contributed by atoms with Crippen molar-refractivity contribution in [2.75, 3.05) is 23.8 Å². The van der Waals surface area contributed by atoms with E-state index in [2.05, 4.69) is 16.0 Å². The minimum absolute atomic E-state index is 0.0325. The molecule has 0 aromatic heterocycles. The van der Waals surface area contributed by atoms with Crippen molar-refractivity contribution in [2.24, 2.45) is 0 Å². The summed E-state index contributed by atoms with van der Waals surface area (Å²) in [6.45, 7) is 4.63. The summed E-state index contributed by atoms with van der Waals surface area (Å²) in [5.41, 5.74) is 2.60. The Hall–Kier alpha value is -3.64. The molecule has 0 fully saturated rings. The second-order valence-electron chi connectivity index (χ2n) is 7.02. The molecular formula is C25H27N3O3. The summed E-state index contributed by atoms with van der Waals surface area (Å²) in [5.74, 6) is 0.222. The maximum Gasteiger partial charge on any atom is 0.257 e. The molecule has 0 heterocycles. The van der Waals surface area contributed by atoms with Crippen molar-refractivity contribution in [3.63, 3.8) is 0 Å². The molecule has 0 unspecified atom stereocenters. The van der Waals surface area contributed by atoms with E-state index in [0.29, 0.717) is 23.5 Å². The number of ether oxygens (including phenoxy) is 1. The van der Waals surface area contributed by atoms with E-state index in [0.717, 1.165) is 11.3 Å². The highest BCUT2D eigenvalue weighted by Crippen LogP contribution is 2.20. The molecule has 6 nitrogen and oxygen atoms in total. The van der Waals surface area contributed by atoms with E-state index in [-0.39, 0.29) is 24.4 Å². The largest absolute Gasteiger partial charge is 0.494 e. The van der Waals surface area contributed by atoms with Crippen LogP contribution in [0.4, 0.5) is 11.4 Å². The topological polar surface area (TPSA) is 79.5 Å². The molecule has 0 radical (unpaired) electrons. The lowest BCUT2D eigenvalue weighted by Gasteiger charge is -2.15. The number of hydrogen-bond acceptors (Lipinski definition) is 4. The van der Waals surface area contributed by atoms with Crippen LogP contribution in [0.2, 0.25) is 0 Å². The summed E-state index contributed by atoms with van der Waals surface area (Å²) in [6.07, 6.45) is 0. The number of para-hydroxylation sites is 1. The van der Waals surface area contributed by atoms with E-state index >= 15 is 0 Å². The van der Waals surface area contributed by atoms with Crippen molar-refractivity contribution in [2.45, 2.75) is 19.9 Å². The highest BCUT2D eigenvalue weighted by Gasteiger charge is 2.14. The molecule has 1 atom stereocenters. The van der Waals surface area contributed by atoms with E-state index in [1.807, 2.05) is 44.2 Å². The average molecular weight is 418 g/mol.